The Morgan fingerprint density at radius 2 is 1.80 bits per heavy atom. The summed E-state index contributed by atoms with van der Waals surface area (Å²) in [6, 6.07) is 1.06. The molecule has 0 spiro atoms. The molecule has 4 amide bonds. The zero-order chi connectivity index (χ0) is 36.8. The Kier molecular flexibility index (Phi) is 16.2. The summed E-state index contributed by atoms with van der Waals surface area (Å²) in [4.78, 5) is 69.3. The molecule has 0 radical (unpaired) electrons. The number of hydrogen-bond donors (Lipinski definition) is 9. The highest BCUT2D eigenvalue weighted by atomic mass is 79.9. The smallest absolute Gasteiger partial charge is 0.342 e. The number of esters is 1. The van der Waals surface area contributed by atoms with E-state index in [1.807, 2.05) is 13.8 Å². The Hall–Kier alpha value is -4.48. The number of primary amides is 1. The summed E-state index contributed by atoms with van der Waals surface area (Å²) in [6.45, 7) is 5.33. The molecule has 12 N–H and O–H groups in total. The number of nitrogens with zero attached hydrogens (tertiary/aromatic N) is 1. The quantitative estimate of drug-likeness (QED) is 0.0230. The fourth-order valence-electron chi connectivity index (χ4n) is 5.20. The number of nitrogens with two attached hydrogens (primary N) is 3. The van der Waals surface area contributed by atoms with Crippen LogP contribution in [0.5, 0.6) is 5.75 Å². The number of aliphatic hydroxyl groups is 2. The number of phenolic OH excluding ortho intramolecular Hbond substituents is 1. The summed E-state index contributed by atoms with van der Waals surface area (Å²) in [7, 11) is 0. The maximum absolute atomic E-state index is 13.4. The number of carbonyl (C=O) groups is 5. The second-order valence-electron chi connectivity index (χ2n) is 12.1. The number of ether oxygens (including phenoxy) is 1. The average molecular weight is 753 g/mol. The number of guanidine groups is 1. The minimum absolute atomic E-state index is 0.00518. The number of fused-ring (bicyclic) bond motifs is 1. The molecule has 1 aliphatic rings. The summed E-state index contributed by atoms with van der Waals surface area (Å²) in [6.07, 6.45) is -1.81. The number of phenols is 1. The summed E-state index contributed by atoms with van der Waals surface area (Å²) in [5.74, 6) is -4.68. The van der Waals surface area contributed by atoms with Crippen LogP contribution in [0.4, 0.5) is 0 Å². The van der Waals surface area contributed by atoms with Gasteiger partial charge in [0.2, 0.25) is 17.7 Å². The number of amides is 4. The molecule has 0 fully saturated rings. The lowest BCUT2D eigenvalue weighted by atomic mass is 9.90. The average Bonchev–Trinajstić information content (AvgIpc) is 3.02. The van der Waals surface area contributed by atoms with Crippen molar-refractivity contribution < 1.29 is 44.0 Å². The largest absolute Gasteiger partial charge is 0.507 e. The van der Waals surface area contributed by atoms with E-state index in [-0.39, 0.29) is 54.6 Å². The second kappa shape index (κ2) is 19.5. The van der Waals surface area contributed by atoms with E-state index in [1.54, 1.807) is 12.1 Å². The topological polar surface area (TPSA) is 282 Å². The van der Waals surface area contributed by atoms with Gasteiger partial charge in [0.25, 0.3) is 5.91 Å². The van der Waals surface area contributed by atoms with Gasteiger partial charge in [-0.2, -0.15) is 0 Å². The summed E-state index contributed by atoms with van der Waals surface area (Å²) >= 11 is 3.08. The van der Waals surface area contributed by atoms with Gasteiger partial charge >= 0.3 is 5.97 Å². The lowest BCUT2D eigenvalue weighted by Crippen LogP contribution is -2.59. The van der Waals surface area contributed by atoms with Gasteiger partial charge in [0.1, 0.15) is 29.6 Å². The molecule has 270 valence electrons. The van der Waals surface area contributed by atoms with Gasteiger partial charge < -0.3 is 53.2 Å². The molecule has 0 bridgehead atoms. The number of aliphatic hydroxyl groups excluding tert-OH is 2. The number of aromatic hydroxyl groups is 1. The number of benzene rings is 1. The molecule has 1 aromatic carbocycles. The number of nitrogens with one attached hydrogen (secondary N) is 3. The normalized spacial score (nSPS) is 17.6. The number of aliphatic imine (C=N–C) groups is 1. The van der Waals surface area contributed by atoms with Gasteiger partial charge in [-0.1, -0.05) is 54.1 Å². The van der Waals surface area contributed by atoms with E-state index < -0.39 is 72.5 Å². The number of allylic oxidation sites excluding steroid dienone is 2. The van der Waals surface area contributed by atoms with Gasteiger partial charge in [-0.3, -0.25) is 24.2 Å². The molecule has 6 atom stereocenters. The van der Waals surface area contributed by atoms with Gasteiger partial charge in [-0.15, -0.1) is 0 Å². The SMILES string of the molecule is C/C(=C\C=C\Br)C(=O)N[C@H](CC(N)=O)C(=O)N[C@@H](CCCN=C(N)N)[C@H](O)[C@H](O)C(=O)N[C@@H](CC(C)C)[C@@H]1Cc2cccc(O)c2C(=O)O1. The monoisotopic (exact) mass is 751 g/mol. The molecule has 0 aliphatic carbocycles. The Balaban J connectivity index is 2.29. The zero-order valence-corrected chi connectivity index (χ0v) is 29.2. The summed E-state index contributed by atoms with van der Waals surface area (Å²) in [5.41, 5.74) is 16.9. The molecule has 2 rings (SSSR count). The van der Waals surface area contributed by atoms with E-state index in [1.165, 1.54) is 30.1 Å². The van der Waals surface area contributed by atoms with Gasteiger partial charge in [0.15, 0.2) is 12.1 Å². The zero-order valence-electron chi connectivity index (χ0n) is 27.6. The van der Waals surface area contributed by atoms with Crippen molar-refractivity contribution in [2.75, 3.05) is 6.54 Å². The van der Waals surface area contributed by atoms with Crippen molar-refractivity contribution in [3.05, 3.63) is 52.0 Å². The van der Waals surface area contributed by atoms with E-state index in [4.69, 9.17) is 21.9 Å². The first-order valence-corrected chi connectivity index (χ1v) is 16.5. The van der Waals surface area contributed by atoms with Crippen LogP contribution in [0.15, 0.2) is 45.9 Å². The first kappa shape index (κ1) is 40.7. The van der Waals surface area contributed by atoms with Gasteiger partial charge in [-0.25, -0.2) is 4.79 Å². The van der Waals surface area contributed by atoms with Crippen LogP contribution >= 0.6 is 15.9 Å². The standard InChI is InChI=1S/C32H46BrN7O9/c1-16(2)13-20(23-14-18-8-4-10-22(41)25(18)31(48)49-23)39-30(47)27(44)26(43)19(9-6-12-37-32(35)36)38-29(46)21(15-24(34)42)40-28(45)17(3)7-5-11-33/h4-5,7-8,10-11,16,19-21,23,26-27,41,43-44H,6,9,12-15H2,1-3H3,(H2,34,42)(H,38,46)(H,39,47)(H,40,45)(H4,35,36,37)/b11-5+,17-7+/t19-,20-,21+,23-,26-,27-/m0/s1. The Labute approximate surface area is 292 Å². The van der Waals surface area contributed by atoms with Crippen molar-refractivity contribution in [2.24, 2.45) is 28.1 Å². The molecule has 16 nitrogen and oxygen atoms in total. The first-order chi connectivity index (χ1) is 23.0. The third kappa shape index (κ3) is 12.8. The molecular weight excluding hydrogens is 706 g/mol. The molecule has 0 unspecified atom stereocenters. The first-order valence-electron chi connectivity index (χ1n) is 15.6. The number of cyclic esters (lactones) is 1. The molecule has 0 saturated heterocycles. The lowest BCUT2D eigenvalue weighted by Gasteiger charge is -2.34. The van der Waals surface area contributed by atoms with E-state index in [0.717, 1.165) is 0 Å². The summed E-state index contributed by atoms with van der Waals surface area (Å²) in [5, 5.41) is 40.0. The molecular formula is C32H46BrN7O9. The molecule has 1 heterocycles. The number of rotatable bonds is 18. The van der Waals surface area contributed by atoms with Crippen molar-refractivity contribution in [1.29, 1.82) is 0 Å². The molecule has 1 aromatic rings. The predicted molar refractivity (Wildman–Crippen MR) is 184 cm³/mol. The Morgan fingerprint density at radius 3 is 2.41 bits per heavy atom. The van der Waals surface area contributed by atoms with Crippen molar-refractivity contribution in [2.45, 2.75) is 89.3 Å². The lowest BCUT2D eigenvalue weighted by molar-refractivity contribution is -0.140. The Bertz CT molecular complexity index is 1450. The Morgan fingerprint density at radius 1 is 1.10 bits per heavy atom. The van der Waals surface area contributed by atoms with Crippen molar-refractivity contribution in [3.8, 4) is 5.75 Å². The van der Waals surface area contributed by atoms with Crippen molar-refractivity contribution >= 4 is 51.5 Å². The third-order valence-electron chi connectivity index (χ3n) is 7.62. The maximum atomic E-state index is 13.4. The minimum Gasteiger partial charge on any atom is -0.507 e. The van der Waals surface area contributed by atoms with Crippen molar-refractivity contribution in [1.82, 2.24) is 16.0 Å². The van der Waals surface area contributed by atoms with Crippen LogP contribution in [0.3, 0.4) is 0 Å². The summed E-state index contributed by atoms with van der Waals surface area (Å²) < 4.78 is 5.58. The maximum Gasteiger partial charge on any atom is 0.342 e. The van der Waals surface area contributed by atoms with E-state index in [0.29, 0.717) is 12.0 Å². The number of hydrogen-bond acceptors (Lipinski definition) is 10. The molecule has 17 heteroatoms. The third-order valence-corrected chi connectivity index (χ3v) is 7.92. The molecule has 0 aromatic heterocycles. The number of halogens is 1. The van der Waals surface area contributed by atoms with Crippen LogP contribution in [0, 0.1) is 5.92 Å². The minimum atomic E-state index is -2.09. The highest BCUT2D eigenvalue weighted by molar-refractivity contribution is 9.11. The van der Waals surface area contributed by atoms with Crippen LogP contribution in [0.1, 0.15) is 62.4 Å². The van der Waals surface area contributed by atoms with Gasteiger partial charge in [-0.05, 0) is 48.7 Å². The van der Waals surface area contributed by atoms with E-state index >= 15 is 0 Å². The number of carbonyl (C=O) groups excluding carboxylic acids is 5. The van der Waals surface area contributed by atoms with Crippen LogP contribution in [-0.4, -0.2) is 93.9 Å². The van der Waals surface area contributed by atoms with Gasteiger partial charge in [0, 0.05) is 18.5 Å². The fraction of sp³-hybridized carbons (Fsp3) is 0.500. The fourth-order valence-corrected chi connectivity index (χ4v) is 5.35. The molecule has 0 saturated carbocycles. The van der Waals surface area contributed by atoms with Crippen LogP contribution in [-0.2, 0) is 30.3 Å². The highest BCUT2D eigenvalue weighted by Crippen LogP contribution is 2.30. The highest BCUT2D eigenvalue weighted by Gasteiger charge is 2.39. The van der Waals surface area contributed by atoms with Crippen LogP contribution in [0.2, 0.25) is 0 Å². The van der Waals surface area contributed by atoms with Crippen LogP contribution < -0.4 is 33.2 Å². The van der Waals surface area contributed by atoms with Crippen molar-refractivity contribution in [3.63, 3.8) is 0 Å². The van der Waals surface area contributed by atoms with Gasteiger partial charge in [0.05, 0.1) is 18.5 Å². The molecule has 1 aliphatic heterocycles. The predicted octanol–water partition coefficient (Wildman–Crippen LogP) is -0.520. The second-order valence-corrected chi connectivity index (χ2v) is 12.6. The van der Waals surface area contributed by atoms with E-state index in [9.17, 15) is 39.3 Å². The molecule has 49 heavy (non-hydrogen) atoms. The van der Waals surface area contributed by atoms with E-state index in [2.05, 4.69) is 36.9 Å². The van der Waals surface area contributed by atoms with Crippen LogP contribution in [0.25, 0.3) is 0 Å².